The third-order valence-electron chi connectivity index (χ3n) is 2.92. The van der Waals surface area contributed by atoms with Crippen molar-refractivity contribution in [3.05, 3.63) is 0 Å². The van der Waals surface area contributed by atoms with Crippen molar-refractivity contribution in [3.63, 3.8) is 0 Å². The molecule has 0 aliphatic heterocycles. The second-order valence-corrected chi connectivity index (χ2v) is 5.13. The summed E-state index contributed by atoms with van der Waals surface area (Å²) in [5, 5.41) is 1.17. The number of rotatable bonds is 3. The fraction of sp³-hybridized carbons (Fsp3) is 1.00. The third kappa shape index (κ3) is 2.77. The van der Waals surface area contributed by atoms with Crippen LogP contribution in [0.25, 0.3) is 0 Å². The molecule has 66 valence electrons. The van der Waals surface area contributed by atoms with E-state index in [1.807, 2.05) is 0 Å². The fourth-order valence-corrected chi connectivity index (χ4v) is 2.56. The van der Waals surface area contributed by atoms with Gasteiger partial charge in [-0.25, -0.2) is 0 Å². The van der Waals surface area contributed by atoms with Gasteiger partial charge in [-0.05, 0) is 30.6 Å². The summed E-state index contributed by atoms with van der Waals surface area (Å²) in [7, 11) is 0. The van der Waals surface area contributed by atoms with Crippen molar-refractivity contribution in [1.29, 1.82) is 0 Å². The Bertz CT molecular complexity index is 114. The summed E-state index contributed by atoms with van der Waals surface area (Å²) in [6.45, 7) is 4.80. The molecule has 1 rings (SSSR count). The molecule has 0 aromatic rings. The topological polar surface area (TPSA) is 0 Å². The average Bonchev–Trinajstić information content (AvgIpc) is 2.36. The Labute approximate surface area is 78.9 Å². The normalized spacial score (nSPS) is 25.4. The van der Waals surface area contributed by atoms with Crippen molar-refractivity contribution in [3.8, 4) is 0 Å². The molecular weight excluding hydrogens is 200 g/mol. The molecule has 11 heavy (non-hydrogen) atoms. The lowest BCUT2D eigenvalue weighted by Gasteiger charge is -2.26. The first-order chi connectivity index (χ1) is 5.16. The average molecular weight is 219 g/mol. The molecular formula is C10H19Br. The van der Waals surface area contributed by atoms with Gasteiger partial charge in [0.2, 0.25) is 0 Å². The van der Waals surface area contributed by atoms with Crippen LogP contribution < -0.4 is 0 Å². The minimum Gasteiger partial charge on any atom is -0.0925 e. The van der Waals surface area contributed by atoms with Gasteiger partial charge in [0.1, 0.15) is 0 Å². The van der Waals surface area contributed by atoms with E-state index in [2.05, 4.69) is 29.8 Å². The van der Waals surface area contributed by atoms with Gasteiger partial charge in [0.05, 0.1) is 0 Å². The lowest BCUT2D eigenvalue weighted by Crippen LogP contribution is -2.15. The summed E-state index contributed by atoms with van der Waals surface area (Å²) < 4.78 is 0. The van der Waals surface area contributed by atoms with E-state index >= 15 is 0 Å². The number of hydrogen-bond donors (Lipinski definition) is 0. The largest absolute Gasteiger partial charge is 0.0925 e. The van der Waals surface area contributed by atoms with Crippen molar-refractivity contribution in [2.75, 3.05) is 5.33 Å². The lowest BCUT2D eigenvalue weighted by atomic mass is 9.81. The highest BCUT2D eigenvalue weighted by atomic mass is 79.9. The van der Waals surface area contributed by atoms with Crippen LogP contribution in [0.4, 0.5) is 0 Å². The quantitative estimate of drug-likeness (QED) is 0.629. The molecule has 1 saturated carbocycles. The summed E-state index contributed by atoms with van der Waals surface area (Å²) in [4.78, 5) is 0. The maximum atomic E-state index is 3.55. The molecule has 0 aromatic carbocycles. The van der Waals surface area contributed by atoms with Gasteiger partial charge >= 0.3 is 0 Å². The molecule has 1 atom stereocenters. The SMILES string of the molecule is CC(CBr)CC1(C)CCCC1. The molecule has 0 nitrogen and oxygen atoms in total. The summed E-state index contributed by atoms with van der Waals surface area (Å²) >= 11 is 3.55. The van der Waals surface area contributed by atoms with Crippen LogP contribution in [0.15, 0.2) is 0 Å². The minimum absolute atomic E-state index is 0.688. The molecule has 0 aromatic heterocycles. The van der Waals surface area contributed by atoms with E-state index in [1.54, 1.807) is 0 Å². The Morgan fingerprint density at radius 2 is 1.91 bits per heavy atom. The van der Waals surface area contributed by atoms with E-state index in [9.17, 15) is 0 Å². The van der Waals surface area contributed by atoms with E-state index in [0.29, 0.717) is 5.41 Å². The first-order valence-corrected chi connectivity index (χ1v) is 5.84. The zero-order valence-electron chi connectivity index (χ0n) is 7.70. The summed E-state index contributed by atoms with van der Waals surface area (Å²) in [6.07, 6.45) is 7.27. The van der Waals surface area contributed by atoms with E-state index in [-0.39, 0.29) is 0 Å². The van der Waals surface area contributed by atoms with Crippen molar-refractivity contribution in [1.82, 2.24) is 0 Å². The Morgan fingerprint density at radius 3 is 2.36 bits per heavy atom. The van der Waals surface area contributed by atoms with Crippen LogP contribution in [0.2, 0.25) is 0 Å². The smallest absolute Gasteiger partial charge is 0.00572 e. The van der Waals surface area contributed by atoms with Crippen LogP contribution in [0, 0.1) is 11.3 Å². The van der Waals surface area contributed by atoms with Gasteiger partial charge in [0.15, 0.2) is 0 Å². The highest BCUT2D eigenvalue weighted by Gasteiger charge is 2.29. The van der Waals surface area contributed by atoms with Gasteiger partial charge in [-0.15, -0.1) is 0 Å². The van der Waals surface area contributed by atoms with Crippen LogP contribution in [0.3, 0.4) is 0 Å². The van der Waals surface area contributed by atoms with E-state index < -0.39 is 0 Å². The van der Waals surface area contributed by atoms with Crippen molar-refractivity contribution in [2.24, 2.45) is 11.3 Å². The second-order valence-electron chi connectivity index (χ2n) is 4.48. The van der Waals surface area contributed by atoms with E-state index in [4.69, 9.17) is 0 Å². The predicted octanol–water partition coefficient (Wildman–Crippen LogP) is 3.99. The van der Waals surface area contributed by atoms with Crippen LogP contribution in [0.1, 0.15) is 46.0 Å². The lowest BCUT2D eigenvalue weighted by molar-refractivity contribution is 0.268. The molecule has 1 fully saturated rings. The van der Waals surface area contributed by atoms with Crippen LogP contribution in [-0.4, -0.2) is 5.33 Å². The van der Waals surface area contributed by atoms with Crippen LogP contribution >= 0.6 is 15.9 Å². The van der Waals surface area contributed by atoms with Crippen LogP contribution in [0.5, 0.6) is 0 Å². The third-order valence-corrected chi connectivity index (χ3v) is 4.02. The molecule has 0 amide bonds. The number of halogens is 1. The molecule has 0 heterocycles. The van der Waals surface area contributed by atoms with Gasteiger partial charge in [0.25, 0.3) is 0 Å². The van der Waals surface area contributed by atoms with Crippen molar-refractivity contribution in [2.45, 2.75) is 46.0 Å². The van der Waals surface area contributed by atoms with Crippen molar-refractivity contribution >= 4 is 15.9 Å². The Balaban J connectivity index is 2.33. The minimum atomic E-state index is 0.688. The Morgan fingerprint density at radius 1 is 1.36 bits per heavy atom. The van der Waals surface area contributed by atoms with Gasteiger partial charge in [-0.2, -0.15) is 0 Å². The fourth-order valence-electron chi connectivity index (χ4n) is 2.33. The molecule has 1 aliphatic rings. The van der Waals surface area contributed by atoms with Gasteiger partial charge in [-0.3, -0.25) is 0 Å². The number of alkyl halides is 1. The number of hydrogen-bond acceptors (Lipinski definition) is 0. The maximum Gasteiger partial charge on any atom is 0.00572 e. The van der Waals surface area contributed by atoms with E-state index in [0.717, 1.165) is 5.92 Å². The predicted molar refractivity (Wildman–Crippen MR) is 54.2 cm³/mol. The van der Waals surface area contributed by atoms with Crippen LogP contribution in [-0.2, 0) is 0 Å². The van der Waals surface area contributed by atoms with Gasteiger partial charge in [0, 0.05) is 5.33 Å². The highest BCUT2D eigenvalue weighted by Crippen LogP contribution is 2.42. The molecule has 0 saturated heterocycles. The zero-order valence-corrected chi connectivity index (χ0v) is 9.28. The van der Waals surface area contributed by atoms with Gasteiger partial charge < -0.3 is 0 Å². The molecule has 0 N–H and O–H groups in total. The molecule has 0 spiro atoms. The highest BCUT2D eigenvalue weighted by molar-refractivity contribution is 9.09. The second kappa shape index (κ2) is 3.93. The molecule has 0 radical (unpaired) electrons. The summed E-state index contributed by atoms with van der Waals surface area (Å²) in [5.41, 5.74) is 0.688. The Kier molecular flexibility index (Phi) is 3.42. The molecule has 0 bridgehead atoms. The monoisotopic (exact) mass is 218 g/mol. The first-order valence-electron chi connectivity index (χ1n) is 4.72. The van der Waals surface area contributed by atoms with Gasteiger partial charge in [-0.1, -0.05) is 42.6 Å². The molecule has 1 aliphatic carbocycles. The zero-order chi connectivity index (χ0) is 8.32. The maximum absolute atomic E-state index is 3.55. The Hall–Kier alpha value is 0.480. The molecule has 1 heteroatoms. The first kappa shape index (κ1) is 9.57. The van der Waals surface area contributed by atoms with Crippen molar-refractivity contribution < 1.29 is 0 Å². The van der Waals surface area contributed by atoms with E-state index in [1.165, 1.54) is 37.4 Å². The summed E-state index contributed by atoms with van der Waals surface area (Å²) in [6, 6.07) is 0. The standard InChI is InChI=1S/C10H19Br/c1-9(8-11)7-10(2)5-3-4-6-10/h9H,3-8H2,1-2H3. The summed E-state index contributed by atoms with van der Waals surface area (Å²) in [5.74, 6) is 0.859. The molecule has 1 unspecified atom stereocenters.